The van der Waals surface area contributed by atoms with Crippen LogP contribution in [-0.2, 0) is 11.3 Å². The van der Waals surface area contributed by atoms with E-state index in [4.69, 9.17) is 0 Å². The molecule has 0 bridgehead atoms. The van der Waals surface area contributed by atoms with Gasteiger partial charge in [-0.25, -0.2) is 4.39 Å². The number of anilines is 1. The number of rotatable bonds is 5. The second-order valence-corrected chi connectivity index (χ2v) is 6.99. The SMILES string of the molecule is O=C1CCCN1c1cccc(C(=O)N(Cc2ccc(F)cc2)C2CC2)c1. The van der Waals surface area contributed by atoms with Crippen molar-refractivity contribution in [2.75, 3.05) is 11.4 Å². The molecule has 4 rings (SSSR count). The lowest BCUT2D eigenvalue weighted by Crippen LogP contribution is -2.33. The normalized spacial score (nSPS) is 16.8. The van der Waals surface area contributed by atoms with Crippen LogP contribution in [0.15, 0.2) is 48.5 Å². The zero-order valence-electron chi connectivity index (χ0n) is 14.5. The summed E-state index contributed by atoms with van der Waals surface area (Å²) in [5.41, 5.74) is 2.30. The molecule has 4 nitrogen and oxygen atoms in total. The van der Waals surface area contributed by atoms with Crippen molar-refractivity contribution in [1.29, 1.82) is 0 Å². The van der Waals surface area contributed by atoms with Crippen LogP contribution >= 0.6 is 0 Å². The predicted octanol–water partition coefficient (Wildman–Crippen LogP) is 3.76. The molecule has 1 saturated heterocycles. The molecule has 1 heterocycles. The second-order valence-electron chi connectivity index (χ2n) is 6.99. The molecular formula is C21H21FN2O2. The Morgan fingerprint density at radius 3 is 2.58 bits per heavy atom. The maximum Gasteiger partial charge on any atom is 0.254 e. The number of hydrogen-bond acceptors (Lipinski definition) is 2. The fraction of sp³-hybridized carbons (Fsp3) is 0.333. The lowest BCUT2D eigenvalue weighted by atomic mass is 10.1. The zero-order chi connectivity index (χ0) is 18.1. The van der Waals surface area contributed by atoms with Gasteiger partial charge in [0.1, 0.15) is 5.82 Å². The minimum absolute atomic E-state index is 0.0367. The summed E-state index contributed by atoms with van der Waals surface area (Å²) in [7, 11) is 0. The van der Waals surface area contributed by atoms with E-state index in [9.17, 15) is 14.0 Å². The summed E-state index contributed by atoms with van der Waals surface area (Å²) in [4.78, 5) is 28.7. The van der Waals surface area contributed by atoms with Crippen LogP contribution in [0.3, 0.4) is 0 Å². The molecule has 0 spiro atoms. The fourth-order valence-electron chi connectivity index (χ4n) is 3.43. The predicted molar refractivity (Wildman–Crippen MR) is 97.3 cm³/mol. The van der Waals surface area contributed by atoms with Gasteiger partial charge in [-0.2, -0.15) is 0 Å². The van der Waals surface area contributed by atoms with E-state index < -0.39 is 0 Å². The fourth-order valence-corrected chi connectivity index (χ4v) is 3.43. The molecule has 2 fully saturated rings. The van der Waals surface area contributed by atoms with Gasteiger partial charge in [0.05, 0.1) is 0 Å². The Balaban J connectivity index is 1.56. The van der Waals surface area contributed by atoms with Crippen LogP contribution in [0.25, 0.3) is 0 Å². The first-order valence-electron chi connectivity index (χ1n) is 9.08. The van der Waals surface area contributed by atoms with Crippen LogP contribution in [0, 0.1) is 5.82 Å². The number of carbonyl (C=O) groups excluding carboxylic acids is 2. The Morgan fingerprint density at radius 1 is 1.15 bits per heavy atom. The number of benzene rings is 2. The standard InChI is InChI=1S/C21H21FN2O2/c22-17-8-6-15(7-9-17)14-24(18-10-11-18)21(26)16-3-1-4-19(13-16)23-12-2-5-20(23)25/h1,3-4,6-9,13,18H,2,5,10-12,14H2. The third-order valence-electron chi connectivity index (χ3n) is 4.99. The van der Waals surface area contributed by atoms with Gasteiger partial charge in [0.2, 0.25) is 5.91 Å². The highest BCUT2D eigenvalue weighted by atomic mass is 19.1. The van der Waals surface area contributed by atoms with Crippen molar-refractivity contribution in [3.63, 3.8) is 0 Å². The maximum atomic E-state index is 13.1. The number of nitrogens with zero attached hydrogens (tertiary/aromatic N) is 2. The molecule has 0 radical (unpaired) electrons. The van der Waals surface area contributed by atoms with Crippen LogP contribution in [-0.4, -0.2) is 29.3 Å². The smallest absolute Gasteiger partial charge is 0.254 e. The third-order valence-corrected chi connectivity index (χ3v) is 4.99. The summed E-state index contributed by atoms with van der Waals surface area (Å²) < 4.78 is 13.1. The molecule has 5 heteroatoms. The first-order valence-corrected chi connectivity index (χ1v) is 9.08. The van der Waals surface area contributed by atoms with Gasteiger partial charge >= 0.3 is 0 Å². The van der Waals surface area contributed by atoms with Crippen LogP contribution in [0.2, 0.25) is 0 Å². The van der Waals surface area contributed by atoms with Gasteiger partial charge in [0.15, 0.2) is 0 Å². The van der Waals surface area contributed by atoms with Crippen LogP contribution in [0.4, 0.5) is 10.1 Å². The molecule has 2 aliphatic rings. The van der Waals surface area contributed by atoms with Crippen LogP contribution in [0.1, 0.15) is 41.6 Å². The summed E-state index contributed by atoms with van der Waals surface area (Å²) in [5, 5.41) is 0. The highest BCUT2D eigenvalue weighted by molar-refractivity contribution is 5.99. The summed E-state index contributed by atoms with van der Waals surface area (Å²) in [6, 6.07) is 13.8. The maximum absolute atomic E-state index is 13.1. The molecular weight excluding hydrogens is 331 g/mol. The van der Waals surface area contributed by atoms with Crippen molar-refractivity contribution in [3.8, 4) is 0 Å². The molecule has 1 saturated carbocycles. The largest absolute Gasteiger partial charge is 0.331 e. The lowest BCUT2D eigenvalue weighted by molar-refractivity contribution is -0.117. The molecule has 1 aliphatic carbocycles. The van der Waals surface area contributed by atoms with E-state index in [1.54, 1.807) is 23.1 Å². The molecule has 0 atom stereocenters. The summed E-state index contributed by atoms with van der Waals surface area (Å²) in [5.74, 6) is -0.202. The van der Waals surface area contributed by atoms with E-state index in [0.29, 0.717) is 25.1 Å². The number of carbonyl (C=O) groups is 2. The van der Waals surface area contributed by atoms with E-state index in [-0.39, 0.29) is 23.7 Å². The van der Waals surface area contributed by atoms with E-state index in [2.05, 4.69) is 0 Å². The average Bonchev–Trinajstić information content (AvgIpc) is 3.41. The van der Waals surface area contributed by atoms with Crippen molar-refractivity contribution >= 4 is 17.5 Å². The molecule has 0 aromatic heterocycles. The quantitative estimate of drug-likeness (QED) is 0.822. The molecule has 0 N–H and O–H groups in total. The Kier molecular flexibility index (Phi) is 4.45. The minimum atomic E-state index is -0.277. The van der Waals surface area contributed by atoms with E-state index in [1.165, 1.54) is 12.1 Å². The van der Waals surface area contributed by atoms with Crippen molar-refractivity contribution in [2.45, 2.75) is 38.3 Å². The number of halogens is 1. The first-order chi connectivity index (χ1) is 12.6. The molecule has 0 unspecified atom stereocenters. The second kappa shape index (κ2) is 6.90. The zero-order valence-corrected chi connectivity index (χ0v) is 14.5. The van der Waals surface area contributed by atoms with Crippen molar-refractivity contribution in [1.82, 2.24) is 4.90 Å². The Bertz CT molecular complexity index is 830. The van der Waals surface area contributed by atoms with Gasteiger partial charge in [-0.3, -0.25) is 9.59 Å². The van der Waals surface area contributed by atoms with Crippen molar-refractivity contribution < 1.29 is 14.0 Å². The van der Waals surface area contributed by atoms with Gasteiger partial charge in [0, 0.05) is 36.8 Å². The molecule has 2 amide bonds. The van der Waals surface area contributed by atoms with E-state index in [1.807, 2.05) is 23.1 Å². The Hall–Kier alpha value is -2.69. The third kappa shape index (κ3) is 3.47. The van der Waals surface area contributed by atoms with Crippen LogP contribution in [0.5, 0.6) is 0 Å². The van der Waals surface area contributed by atoms with E-state index >= 15 is 0 Å². The Labute approximate surface area is 152 Å². The average molecular weight is 352 g/mol. The van der Waals surface area contributed by atoms with Crippen LogP contribution < -0.4 is 4.90 Å². The van der Waals surface area contributed by atoms with Crippen molar-refractivity contribution in [3.05, 3.63) is 65.5 Å². The van der Waals surface area contributed by atoms with Gasteiger partial charge in [-0.05, 0) is 55.2 Å². The van der Waals surface area contributed by atoms with Gasteiger partial charge in [0.25, 0.3) is 5.91 Å². The number of amides is 2. The van der Waals surface area contributed by atoms with Gasteiger partial charge in [-0.1, -0.05) is 18.2 Å². The van der Waals surface area contributed by atoms with E-state index in [0.717, 1.165) is 30.5 Å². The number of hydrogen-bond donors (Lipinski definition) is 0. The highest BCUT2D eigenvalue weighted by Crippen LogP contribution is 2.31. The molecule has 26 heavy (non-hydrogen) atoms. The molecule has 2 aromatic rings. The lowest BCUT2D eigenvalue weighted by Gasteiger charge is -2.24. The summed E-state index contributed by atoms with van der Waals surface area (Å²) >= 11 is 0. The Morgan fingerprint density at radius 2 is 1.92 bits per heavy atom. The highest BCUT2D eigenvalue weighted by Gasteiger charge is 2.33. The monoisotopic (exact) mass is 352 g/mol. The molecule has 134 valence electrons. The minimum Gasteiger partial charge on any atom is -0.331 e. The summed E-state index contributed by atoms with van der Waals surface area (Å²) in [6.45, 7) is 1.18. The first kappa shape index (κ1) is 16.8. The molecule has 1 aliphatic heterocycles. The molecule has 2 aromatic carbocycles. The van der Waals surface area contributed by atoms with Crippen molar-refractivity contribution in [2.24, 2.45) is 0 Å². The van der Waals surface area contributed by atoms with Gasteiger partial charge < -0.3 is 9.80 Å². The van der Waals surface area contributed by atoms with Gasteiger partial charge in [-0.15, -0.1) is 0 Å². The summed E-state index contributed by atoms with van der Waals surface area (Å²) in [6.07, 6.45) is 3.42. The topological polar surface area (TPSA) is 40.6 Å².